The number of nitrogens with zero attached hydrogens (tertiary/aromatic N) is 2. The van der Waals surface area contributed by atoms with Crippen LogP contribution in [0.4, 0.5) is 5.82 Å². The number of morpholine rings is 1. The minimum absolute atomic E-state index is 0.0736. The van der Waals surface area contributed by atoms with Crippen LogP contribution in [0.5, 0.6) is 0 Å². The number of hydrogen-bond acceptors (Lipinski definition) is 6. The number of aryl methyl sites for hydroxylation is 1. The average molecular weight is 296 g/mol. The summed E-state index contributed by atoms with van der Waals surface area (Å²) < 4.78 is 10.6. The summed E-state index contributed by atoms with van der Waals surface area (Å²) in [6.45, 7) is 9.13. The smallest absolute Gasteiger partial charge is 0.226 e. The highest BCUT2D eigenvalue weighted by molar-refractivity contribution is 5.89. The van der Waals surface area contributed by atoms with Gasteiger partial charge in [0.15, 0.2) is 5.82 Å². The van der Waals surface area contributed by atoms with Crippen LogP contribution in [-0.4, -0.2) is 61.4 Å². The van der Waals surface area contributed by atoms with Gasteiger partial charge in [0.2, 0.25) is 5.91 Å². The number of ether oxygens (including phenoxy) is 1. The molecule has 1 fully saturated rings. The molecule has 1 aromatic rings. The summed E-state index contributed by atoms with van der Waals surface area (Å²) >= 11 is 0. The largest absolute Gasteiger partial charge is 0.374 e. The Hall–Kier alpha value is -1.44. The highest BCUT2D eigenvalue weighted by atomic mass is 16.5. The van der Waals surface area contributed by atoms with Crippen molar-refractivity contribution in [3.05, 3.63) is 11.8 Å². The van der Waals surface area contributed by atoms with Crippen molar-refractivity contribution in [2.45, 2.75) is 26.4 Å². The molecule has 2 heterocycles. The van der Waals surface area contributed by atoms with Crippen molar-refractivity contribution < 1.29 is 14.1 Å². The average Bonchev–Trinajstić information content (AvgIpc) is 2.89. The molecule has 2 rings (SSSR count). The van der Waals surface area contributed by atoms with Gasteiger partial charge in [0.1, 0.15) is 5.76 Å². The number of amides is 1. The zero-order chi connectivity index (χ0) is 15.1. The molecule has 1 amide bonds. The van der Waals surface area contributed by atoms with Gasteiger partial charge in [0.25, 0.3) is 0 Å². The number of carbonyl (C=O) groups excluding carboxylic acids is 1. The van der Waals surface area contributed by atoms with Gasteiger partial charge in [-0.05, 0) is 13.5 Å². The second kappa shape index (κ2) is 8.11. The van der Waals surface area contributed by atoms with E-state index >= 15 is 0 Å². The molecule has 7 nitrogen and oxygen atoms in total. The van der Waals surface area contributed by atoms with Crippen LogP contribution in [0.3, 0.4) is 0 Å². The van der Waals surface area contributed by atoms with Crippen LogP contribution in [0.1, 0.15) is 19.1 Å². The van der Waals surface area contributed by atoms with Crippen molar-refractivity contribution in [2.75, 3.05) is 44.6 Å². The van der Waals surface area contributed by atoms with E-state index < -0.39 is 0 Å². The summed E-state index contributed by atoms with van der Waals surface area (Å²) in [5.74, 6) is 1.07. The van der Waals surface area contributed by atoms with E-state index in [2.05, 4.69) is 27.6 Å². The highest BCUT2D eigenvalue weighted by Gasteiger charge is 2.18. The van der Waals surface area contributed by atoms with Crippen molar-refractivity contribution in [2.24, 2.45) is 0 Å². The van der Waals surface area contributed by atoms with Crippen molar-refractivity contribution in [3.8, 4) is 0 Å². The third kappa shape index (κ3) is 5.45. The van der Waals surface area contributed by atoms with Crippen LogP contribution in [0.25, 0.3) is 0 Å². The van der Waals surface area contributed by atoms with E-state index in [9.17, 15) is 4.79 Å². The molecule has 0 bridgehead atoms. The van der Waals surface area contributed by atoms with Gasteiger partial charge in [-0.1, -0.05) is 12.1 Å². The molecule has 1 atom stereocenters. The van der Waals surface area contributed by atoms with Gasteiger partial charge >= 0.3 is 0 Å². The van der Waals surface area contributed by atoms with E-state index in [1.807, 2.05) is 0 Å². The minimum atomic E-state index is -0.0736. The van der Waals surface area contributed by atoms with Gasteiger partial charge in [-0.25, -0.2) is 0 Å². The van der Waals surface area contributed by atoms with E-state index in [1.54, 1.807) is 13.0 Å². The lowest BCUT2D eigenvalue weighted by Gasteiger charge is -2.32. The Kier molecular flexibility index (Phi) is 6.16. The number of nitrogens with one attached hydrogen (secondary N) is 2. The molecular formula is C14H24N4O3. The molecule has 0 radical (unpaired) electrons. The van der Waals surface area contributed by atoms with Crippen LogP contribution in [0.15, 0.2) is 10.6 Å². The summed E-state index contributed by atoms with van der Waals surface area (Å²) in [6.07, 6.45) is 0.607. The van der Waals surface area contributed by atoms with Gasteiger partial charge in [-0.3, -0.25) is 9.69 Å². The van der Waals surface area contributed by atoms with Gasteiger partial charge < -0.3 is 19.9 Å². The van der Waals surface area contributed by atoms with Gasteiger partial charge in [0.05, 0.1) is 12.7 Å². The summed E-state index contributed by atoms with van der Waals surface area (Å²) in [5, 5.41) is 9.68. The summed E-state index contributed by atoms with van der Waals surface area (Å²) in [5.41, 5.74) is 0. The zero-order valence-corrected chi connectivity index (χ0v) is 12.7. The number of carbonyl (C=O) groups is 1. The van der Waals surface area contributed by atoms with Crippen LogP contribution >= 0.6 is 0 Å². The lowest BCUT2D eigenvalue weighted by Crippen LogP contribution is -2.46. The molecule has 0 unspecified atom stereocenters. The third-order valence-electron chi connectivity index (χ3n) is 3.47. The number of anilines is 1. The molecule has 1 aliphatic heterocycles. The molecular weight excluding hydrogens is 272 g/mol. The van der Waals surface area contributed by atoms with Crippen molar-refractivity contribution in [1.82, 2.24) is 15.4 Å². The van der Waals surface area contributed by atoms with Crippen molar-refractivity contribution >= 4 is 11.7 Å². The molecule has 1 aromatic heterocycles. The SMILES string of the molecule is CCN1CCO[C@@H](CNCCC(=O)Nc2cc(C)on2)C1. The first kappa shape index (κ1) is 15.9. The van der Waals surface area contributed by atoms with Gasteiger partial charge in [-0.15, -0.1) is 0 Å². The van der Waals surface area contributed by atoms with Gasteiger partial charge in [-0.2, -0.15) is 0 Å². The molecule has 2 N–H and O–H groups in total. The fourth-order valence-electron chi connectivity index (χ4n) is 2.29. The molecule has 0 spiro atoms. The second-order valence-electron chi connectivity index (χ2n) is 5.21. The summed E-state index contributed by atoms with van der Waals surface area (Å²) in [4.78, 5) is 14.1. The molecule has 118 valence electrons. The fourth-order valence-corrected chi connectivity index (χ4v) is 2.29. The van der Waals surface area contributed by atoms with E-state index in [0.29, 0.717) is 24.5 Å². The number of aromatic nitrogens is 1. The van der Waals surface area contributed by atoms with Crippen LogP contribution in [0.2, 0.25) is 0 Å². The van der Waals surface area contributed by atoms with Crippen molar-refractivity contribution in [3.63, 3.8) is 0 Å². The Labute approximate surface area is 125 Å². The van der Waals surface area contributed by atoms with E-state index in [4.69, 9.17) is 9.26 Å². The topological polar surface area (TPSA) is 79.6 Å². The molecule has 0 aliphatic carbocycles. The molecule has 1 saturated heterocycles. The Balaban J connectivity index is 1.57. The van der Waals surface area contributed by atoms with Crippen LogP contribution in [0, 0.1) is 6.92 Å². The first-order valence-electron chi connectivity index (χ1n) is 7.45. The Morgan fingerprint density at radius 2 is 2.43 bits per heavy atom. The predicted molar refractivity (Wildman–Crippen MR) is 79.2 cm³/mol. The maximum Gasteiger partial charge on any atom is 0.226 e. The Bertz CT molecular complexity index is 449. The molecule has 0 saturated carbocycles. The maximum atomic E-state index is 11.7. The molecule has 21 heavy (non-hydrogen) atoms. The quantitative estimate of drug-likeness (QED) is 0.718. The van der Waals surface area contributed by atoms with E-state index in [0.717, 1.165) is 32.8 Å². The van der Waals surface area contributed by atoms with Gasteiger partial charge in [0, 0.05) is 38.7 Å². The Morgan fingerprint density at radius 1 is 1.57 bits per heavy atom. The predicted octanol–water partition coefficient (Wildman–Crippen LogP) is 0.622. The van der Waals surface area contributed by atoms with E-state index in [1.165, 1.54) is 0 Å². The fraction of sp³-hybridized carbons (Fsp3) is 0.714. The Morgan fingerprint density at radius 3 is 3.14 bits per heavy atom. The van der Waals surface area contributed by atoms with E-state index in [-0.39, 0.29) is 12.0 Å². The molecule has 7 heteroatoms. The highest BCUT2D eigenvalue weighted by Crippen LogP contribution is 2.07. The first-order valence-corrected chi connectivity index (χ1v) is 7.45. The third-order valence-corrected chi connectivity index (χ3v) is 3.47. The number of likely N-dealkylation sites (N-methyl/N-ethyl adjacent to an activating group) is 1. The standard InChI is InChI=1S/C14H24N4O3/c1-3-18-6-7-20-12(10-18)9-15-5-4-14(19)16-13-8-11(2)21-17-13/h8,12,15H,3-7,9-10H2,1-2H3,(H,16,17,19)/t12-/m0/s1. The van der Waals surface area contributed by atoms with Crippen LogP contribution < -0.4 is 10.6 Å². The second-order valence-corrected chi connectivity index (χ2v) is 5.21. The monoisotopic (exact) mass is 296 g/mol. The normalized spacial score (nSPS) is 19.6. The maximum absolute atomic E-state index is 11.7. The van der Waals surface area contributed by atoms with Crippen molar-refractivity contribution in [1.29, 1.82) is 0 Å². The zero-order valence-electron chi connectivity index (χ0n) is 12.7. The summed E-state index contributed by atoms with van der Waals surface area (Å²) in [6, 6.07) is 1.69. The minimum Gasteiger partial charge on any atom is -0.374 e. The molecule has 1 aliphatic rings. The lowest BCUT2D eigenvalue weighted by molar-refractivity contribution is -0.116. The lowest BCUT2D eigenvalue weighted by atomic mass is 10.2. The molecule has 0 aromatic carbocycles. The summed E-state index contributed by atoms with van der Waals surface area (Å²) in [7, 11) is 0. The number of rotatable bonds is 7. The first-order chi connectivity index (χ1) is 10.2. The van der Waals surface area contributed by atoms with Crippen LogP contribution in [-0.2, 0) is 9.53 Å². The number of hydrogen-bond donors (Lipinski definition) is 2.